The van der Waals surface area contributed by atoms with Gasteiger partial charge in [-0.2, -0.15) is 0 Å². The van der Waals surface area contributed by atoms with Gasteiger partial charge in [0.1, 0.15) is 0 Å². The Morgan fingerprint density at radius 2 is 2.00 bits per heavy atom. The molecule has 0 aliphatic carbocycles. The average Bonchev–Trinajstić information content (AvgIpc) is 2.21. The fourth-order valence-electron chi connectivity index (χ4n) is 1.27. The van der Waals surface area contributed by atoms with Gasteiger partial charge in [-0.05, 0) is 36.6 Å². The first-order valence-corrected chi connectivity index (χ1v) is 6.09. The minimum Gasteiger partial charge on any atom is -0.384 e. The van der Waals surface area contributed by atoms with Crippen LogP contribution in [0.25, 0.3) is 0 Å². The van der Waals surface area contributed by atoms with Gasteiger partial charge in [0.2, 0.25) is 0 Å². The molecule has 0 aliphatic heterocycles. The number of rotatable bonds is 5. The van der Waals surface area contributed by atoms with E-state index in [2.05, 4.69) is 19.2 Å². The fraction of sp³-hybridized carbons (Fsp3) is 0.500. The number of halogens is 2. The van der Waals surface area contributed by atoms with Gasteiger partial charge >= 0.3 is 0 Å². The highest BCUT2D eigenvalue weighted by atomic mass is 35.5. The fourth-order valence-corrected chi connectivity index (χ4v) is 1.75. The van der Waals surface area contributed by atoms with Crippen molar-refractivity contribution in [3.63, 3.8) is 0 Å². The first kappa shape index (κ1) is 13.6. The van der Waals surface area contributed by atoms with Crippen LogP contribution in [0.3, 0.4) is 0 Å². The molecule has 0 heterocycles. The van der Waals surface area contributed by atoms with Crippen LogP contribution in [0, 0.1) is 5.41 Å². The zero-order valence-corrected chi connectivity index (χ0v) is 11.2. The Morgan fingerprint density at radius 3 is 2.56 bits per heavy atom. The predicted molar refractivity (Wildman–Crippen MR) is 72.4 cm³/mol. The standard InChI is InChI=1S/C12H18Cl2N2/c1-12(2,8-15)5-6-16-11-4-3-9(13)7-10(11)14/h3-4,7,16H,5-6,8,15H2,1-2H3. The molecule has 90 valence electrons. The van der Waals surface area contributed by atoms with Gasteiger partial charge in [-0.25, -0.2) is 0 Å². The van der Waals surface area contributed by atoms with Crippen LogP contribution in [0.2, 0.25) is 10.0 Å². The highest BCUT2D eigenvalue weighted by Crippen LogP contribution is 2.26. The molecule has 0 saturated carbocycles. The van der Waals surface area contributed by atoms with E-state index in [1.165, 1.54) is 0 Å². The quantitative estimate of drug-likeness (QED) is 0.846. The molecule has 1 rings (SSSR count). The summed E-state index contributed by atoms with van der Waals surface area (Å²) in [6.07, 6.45) is 1.00. The van der Waals surface area contributed by atoms with E-state index in [-0.39, 0.29) is 5.41 Å². The molecule has 1 aromatic carbocycles. The van der Waals surface area contributed by atoms with Crippen molar-refractivity contribution in [2.24, 2.45) is 11.1 Å². The van der Waals surface area contributed by atoms with E-state index in [1.807, 2.05) is 12.1 Å². The first-order chi connectivity index (χ1) is 7.44. The molecule has 4 heteroatoms. The lowest BCUT2D eigenvalue weighted by Crippen LogP contribution is -2.26. The highest BCUT2D eigenvalue weighted by Gasteiger charge is 2.14. The van der Waals surface area contributed by atoms with Crippen LogP contribution in [-0.2, 0) is 0 Å². The van der Waals surface area contributed by atoms with E-state index in [4.69, 9.17) is 28.9 Å². The van der Waals surface area contributed by atoms with Gasteiger partial charge in [0.05, 0.1) is 10.7 Å². The summed E-state index contributed by atoms with van der Waals surface area (Å²) >= 11 is 11.9. The lowest BCUT2D eigenvalue weighted by Gasteiger charge is -2.22. The summed E-state index contributed by atoms with van der Waals surface area (Å²) in [6, 6.07) is 5.45. The summed E-state index contributed by atoms with van der Waals surface area (Å²) in [5, 5.41) is 4.59. The van der Waals surface area contributed by atoms with Gasteiger partial charge in [0, 0.05) is 11.6 Å². The van der Waals surface area contributed by atoms with Gasteiger partial charge in [-0.3, -0.25) is 0 Å². The second kappa shape index (κ2) is 5.76. The molecule has 0 spiro atoms. The minimum absolute atomic E-state index is 0.159. The van der Waals surface area contributed by atoms with Crippen LogP contribution in [0.1, 0.15) is 20.3 Å². The Bertz CT molecular complexity index is 351. The zero-order chi connectivity index (χ0) is 12.2. The van der Waals surface area contributed by atoms with Gasteiger partial charge in [-0.15, -0.1) is 0 Å². The summed E-state index contributed by atoms with van der Waals surface area (Å²) in [7, 11) is 0. The van der Waals surface area contributed by atoms with Crippen molar-refractivity contribution in [1.29, 1.82) is 0 Å². The third-order valence-corrected chi connectivity index (χ3v) is 3.15. The van der Waals surface area contributed by atoms with Crippen LogP contribution in [0.5, 0.6) is 0 Å². The van der Waals surface area contributed by atoms with E-state index in [9.17, 15) is 0 Å². The summed E-state index contributed by atoms with van der Waals surface area (Å²) in [5.41, 5.74) is 6.74. The van der Waals surface area contributed by atoms with Crippen molar-refractivity contribution in [3.8, 4) is 0 Å². The number of anilines is 1. The topological polar surface area (TPSA) is 38.0 Å². The molecule has 0 unspecified atom stereocenters. The number of nitrogens with one attached hydrogen (secondary N) is 1. The number of benzene rings is 1. The first-order valence-electron chi connectivity index (χ1n) is 5.33. The Kier molecular flexibility index (Phi) is 4.90. The van der Waals surface area contributed by atoms with Crippen LogP contribution in [-0.4, -0.2) is 13.1 Å². The molecule has 0 aliphatic rings. The number of hydrogen-bond acceptors (Lipinski definition) is 2. The van der Waals surface area contributed by atoms with Crippen LogP contribution >= 0.6 is 23.2 Å². The van der Waals surface area contributed by atoms with Crippen LogP contribution in [0.4, 0.5) is 5.69 Å². The Hall–Kier alpha value is -0.440. The largest absolute Gasteiger partial charge is 0.384 e. The summed E-state index contributed by atoms with van der Waals surface area (Å²) in [4.78, 5) is 0. The molecule has 0 aromatic heterocycles. The molecule has 0 radical (unpaired) electrons. The smallest absolute Gasteiger partial charge is 0.0652 e. The molecule has 0 bridgehead atoms. The number of hydrogen-bond donors (Lipinski definition) is 2. The van der Waals surface area contributed by atoms with E-state index in [0.717, 1.165) is 18.7 Å². The van der Waals surface area contributed by atoms with Gasteiger partial charge in [0.15, 0.2) is 0 Å². The lowest BCUT2D eigenvalue weighted by molar-refractivity contribution is 0.358. The van der Waals surface area contributed by atoms with Crippen molar-refractivity contribution in [3.05, 3.63) is 28.2 Å². The maximum absolute atomic E-state index is 6.04. The molecule has 1 aromatic rings. The Morgan fingerprint density at radius 1 is 1.31 bits per heavy atom. The lowest BCUT2D eigenvalue weighted by atomic mass is 9.90. The van der Waals surface area contributed by atoms with Crippen LogP contribution in [0.15, 0.2) is 18.2 Å². The second-order valence-corrected chi connectivity index (χ2v) is 5.51. The van der Waals surface area contributed by atoms with E-state index >= 15 is 0 Å². The molecule has 16 heavy (non-hydrogen) atoms. The predicted octanol–water partition coefficient (Wildman–Crippen LogP) is 3.78. The third-order valence-electron chi connectivity index (χ3n) is 2.60. The molecule has 0 amide bonds. The monoisotopic (exact) mass is 260 g/mol. The average molecular weight is 261 g/mol. The molecule has 0 saturated heterocycles. The molecule has 0 atom stereocenters. The highest BCUT2D eigenvalue weighted by molar-refractivity contribution is 6.36. The molecular weight excluding hydrogens is 243 g/mol. The Balaban J connectivity index is 2.49. The van der Waals surface area contributed by atoms with Crippen molar-refractivity contribution < 1.29 is 0 Å². The van der Waals surface area contributed by atoms with E-state index in [0.29, 0.717) is 16.6 Å². The third kappa shape index (κ3) is 4.20. The summed E-state index contributed by atoms with van der Waals surface area (Å²) in [6.45, 7) is 5.84. The van der Waals surface area contributed by atoms with E-state index < -0.39 is 0 Å². The van der Waals surface area contributed by atoms with Gasteiger partial charge in [0.25, 0.3) is 0 Å². The normalized spacial score (nSPS) is 11.6. The maximum Gasteiger partial charge on any atom is 0.0652 e. The number of nitrogens with two attached hydrogens (primary N) is 1. The molecular formula is C12H18Cl2N2. The van der Waals surface area contributed by atoms with Crippen molar-refractivity contribution in [2.75, 3.05) is 18.4 Å². The molecule has 0 fully saturated rings. The maximum atomic E-state index is 6.04. The molecule has 3 N–H and O–H groups in total. The van der Waals surface area contributed by atoms with E-state index in [1.54, 1.807) is 6.07 Å². The van der Waals surface area contributed by atoms with Gasteiger partial charge in [-0.1, -0.05) is 37.0 Å². The summed E-state index contributed by atoms with van der Waals surface area (Å²) in [5.74, 6) is 0. The van der Waals surface area contributed by atoms with Crippen LogP contribution < -0.4 is 11.1 Å². The minimum atomic E-state index is 0.159. The molecule has 2 nitrogen and oxygen atoms in total. The Labute approximate surface area is 107 Å². The van der Waals surface area contributed by atoms with Crippen molar-refractivity contribution >= 4 is 28.9 Å². The van der Waals surface area contributed by atoms with Crippen molar-refractivity contribution in [2.45, 2.75) is 20.3 Å². The zero-order valence-electron chi connectivity index (χ0n) is 9.69. The summed E-state index contributed by atoms with van der Waals surface area (Å²) < 4.78 is 0. The SMILES string of the molecule is CC(C)(CN)CCNc1ccc(Cl)cc1Cl. The van der Waals surface area contributed by atoms with Gasteiger partial charge < -0.3 is 11.1 Å². The van der Waals surface area contributed by atoms with Crippen molar-refractivity contribution in [1.82, 2.24) is 0 Å². The second-order valence-electron chi connectivity index (χ2n) is 4.67.